The highest BCUT2D eigenvalue weighted by Gasteiger charge is 1.86. The number of hydrogen-bond donors (Lipinski definition) is 1. The summed E-state index contributed by atoms with van der Waals surface area (Å²) in [5, 5.41) is 0. The molecule has 1 nitrogen and oxygen atoms in total. The average molecular weight is 132 g/mol. The second-order valence-corrected chi connectivity index (χ2v) is 2.11. The number of benzene rings is 1. The molecular formula is C9H10N. The van der Waals surface area contributed by atoms with Gasteiger partial charge in [0.15, 0.2) is 0 Å². The maximum absolute atomic E-state index is 5.40. The van der Waals surface area contributed by atoms with E-state index in [1.54, 1.807) is 6.08 Å². The zero-order chi connectivity index (χ0) is 7.40. The van der Waals surface area contributed by atoms with Gasteiger partial charge in [-0.05, 0) is 11.1 Å². The third-order valence-electron chi connectivity index (χ3n) is 1.41. The van der Waals surface area contributed by atoms with Crippen LogP contribution < -0.4 is 5.73 Å². The summed E-state index contributed by atoms with van der Waals surface area (Å²) in [6.07, 6.45) is 1.57. The summed E-state index contributed by atoms with van der Waals surface area (Å²) in [5.41, 5.74) is 7.56. The lowest BCUT2D eigenvalue weighted by atomic mass is 10.1. The van der Waals surface area contributed by atoms with Crippen molar-refractivity contribution in [1.82, 2.24) is 0 Å². The van der Waals surface area contributed by atoms with Crippen LogP contribution in [0.3, 0.4) is 0 Å². The Balaban J connectivity index is 2.90. The number of nitrogens with two attached hydrogens (primary N) is 1. The lowest BCUT2D eigenvalue weighted by Gasteiger charge is -1.95. The minimum absolute atomic E-state index is 0.588. The topological polar surface area (TPSA) is 26.0 Å². The van der Waals surface area contributed by atoms with Crippen LogP contribution in [0.1, 0.15) is 11.1 Å². The SMILES string of the molecule is [CH]=Cc1ccc(CN)cc1. The van der Waals surface area contributed by atoms with Crippen molar-refractivity contribution in [2.75, 3.05) is 0 Å². The van der Waals surface area contributed by atoms with Gasteiger partial charge in [-0.15, -0.1) is 0 Å². The van der Waals surface area contributed by atoms with Crippen molar-refractivity contribution in [3.63, 3.8) is 0 Å². The summed E-state index contributed by atoms with van der Waals surface area (Å²) >= 11 is 0. The molecule has 0 aliphatic heterocycles. The molecule has 1 rings (SSSR count). The van der Waals surface area contributed by atoms with Crippen molar-refractivity contribution in [1.29, 1.82) is 0 Å². The van der Waals surface area contributed by atoms with Crippen LogP contribution in [-0.4, -0.2) is 0 Å². The Hall–Kier alpha value is -1.08. The molecule has 0 saturated carbocycles. The molecule has 10 heavy (non-hydrogen) atoms. The second-order valence-electron chi connectivity index (χ2n) is 2.11. The minimum Gasteiger partial charge on any atom is -0.326 e. The summed E-state index contributed by atoms with van der Waals surface area (Å²) in [4.78, 5) is 0. The fraction of sp³-hybridized carbons (Fsp3) is 0.111. The van der Waals surface area contributed by atoms with Gasteiger partial charge in [0, 0.05) is 6.54 Å². The summed E-state index contributed by atoms with van der Waals surface area (Å²) in [5.74, 6) is 0. The van der Waals surface area contributed by atoms with Crippen molar-refractivity contribution >= 4 is 6.08 Å². The van der Waals surface area contributed by atoms with Gasteiger partial charge in [-0.1, -0.05) is 36.9 Å². The van der Waals surface area contributed by atoms with Crippen molar-refractivity contribution in [3.05, 3.63) is 42.0 Å². The Kier molecular flexibility index (Phi) is 2.24. The largest absolute Gasteiger partial charge is 0.326 e. The van der Waals surface area contributed by atoms with E-state index in [2.05, 4.69) is 0 Å². The fourth-order valence-corrected chi connectivity index (χ4v) is 0.765. The minimum atomic E-state index is 0.588. The van der Waals surface area contributed by atoms with Gasteiger partial charge in [0.2, 0.25) is 0 Å². The van der Waals surface area contributed by atoms with E-state index in [9.17, 15) is 0 Å². The van der Waals surface area contributed by atoms with Gasteiger partial charge in [-0.25, -0.2) is 0 Å². The molecule has 0 aliphatic carbocycles. The van der Waals surface area contributed by atoms with E-state index in [1.165, 1.54) is 0 Å². The molecule has 0 bridgehead atoms. The maximum atomic E-state index is 5.40. The van der Waals surface area contributed by atoms with Crippen LogP contribution in [0.5, 0.6) is 0 Å². The highest BCUT2D eigenvalue weighted by molar-refractivity contribution is 5.45. The van der Waals surface area contributed by atoms with Crippen LogP contribution in [0.15, 0.2) is 24.3 Å². The van der Waals surface area contributed by atoms with Gasteiger partial charge in [-0.3, -0.25) is 0 Å². The first-order valence-electron chi connectivity index (χ1n) is 3.21. The molecule has 2 N–H and O–H groups in total. The zero-order valence-electron chi connectivity index (χ0n) is 5.75. The fourth-order valence-electron chi connectivity index (χ4n) is 0.765. The lowest BCUT2D eigenvalue weighted by Crippen LogP contribution is -1.94. The van der Waals surface area contributed by atoms with E-state index >= 15 is 0 Å². The smallest absolute Gasteiger partial charge is 0.0178 e. The first-order valence-corrected chi connectivity index (χ1v) is 3.21. The Labute approximate surface area is 61.2 Å². The van der Waals surface area contributed by atoms with Crippen molar-refractivity contribution in [3.8, 4) is 0 Å². The normalized spacial score (nSPS) is 9.30. The highest BCUT2D eigenvalue weighted by Crippen LogP contribution is 2.03. The van der Waals surface area contributed by atoms with Gasteiger partial charge >= 0.3 is 0 Å². The third-order valence-corrected chi connectivity index (χ3v) is 1.41. The van der Waals surface area contributed by atoms with Crippen molar-refractivity contribution in [2.45, 2.75) is 6.54 Å². The first-order chi connectivity index (χ1) is 4.86. The van der Waals surface area contributed by atoms with E-state index in [-0.39, 0.29) is 0 Å². The Morgan fingerprint density at radius 1 is 1.30 bits per heavy atom. The molecule has 0 aliphatic rings. The van der Waals surface area contributed by atoms with Crippen LogP contribution in [-0.2, 0) is 6.54 Å². The predicted molar refractivity (Wildman–Crippen MR) is 43.1 cm³/mol. The molecule has 1 radical (unpaired) electrons. The molecule has 1 heteroatoms. The Morgan fingerprint density at radius 2 is 1.90 bits per heavy atom. The summed E-state index contributed by atoms with van der Waals surface area (Å²) in [7, 11) is 0. The van der Waals surface area contributed by atoms with E-state index in [0.717, 1.165) is 11.1 Å². The number of rotatable bonds is 2. The maximum Gasteiger partial charge on any atom is 0.0178 e. The van der Waals surface area contributed by atoms with Crippen LogP contribution in [0.25, 0.3) is 6.08 Å². The van der Waals surface area contributed by atoms with Gasteiger partial charge < -0.3 is 5.73 Å². The molecule has 1 aromatic carbocycles. The van der Waals surface area contributed by atoms with Gasteiger partial charge in [0.1, 0.15) is 0 Å². The lowest BCUT2D eigenvalue weighted by molar-refractivity contribution is 1.07. The standard InChI is InChI=1S/C9H10N/c1-2-8-3-5-9(7-10)6-4-8/h1-6H,7,10H2. The molecule has 0 atom stereocenters. The van der Waals surface area contributed by atoms with Crippen molar-refractivity contribution in [2.24, 2.45) is 5.73 Å². The second kappa shape index (κ2) is 3.18. The third kappa shape index (κ3) is 1.45. The molecule has 0 amide bonds. The molecule has 1 aromatic rings. The Morgan fingerprint density at radius 3 is 2.30 bits per heavy atom. The molecule has 0 fully saturated rings. The van der Waals surface area contributed by atoms with E-state index in [4.69, 9.17) is 12.3 Å². The van der Waals surface area contributed by atoms with Crippen LogP contribution in [0.2, 0.25) is 0 Å². The first kappa shape index (κ1) is 7.03. The average Bonchev–Trinajstić information content (AvgIpc) is 2.05. The molecule has 0 heterocycles. The quantitative estimate of drug-likeness (QED) is 0.649. The summed E-state index contributed by atoms with van der Waals surface area (Å²) < 4.78 is 0. The van der Waals surface area contributed by atoms with Gasteiger partial charge in [0.05, 0.1) is 0 Å². The van der Waals surface area contributed by atoms with E-state index < -0.39 is 0 Å². The monoisotopic (exact) mass is 132 g/mol. The Bertz CT molecular complexity index is 211. The van der Waals surface area contributed by atoms with E-state index in [0.29, 0.717) is 6.54 Å². The molecular weight excluding hydrogens is 122 g/mol. The van der Waals surface area contributed by atoms with Crippen LogP contribution in [0.4, 0.5) is 0 Å². The van der Waals surface area contributed by atoms with Crippen LogP contribution in [0, 0.1) is 6.58 Å². The predicted octanol–water partition coefficient (Wildman–Crippen LogP) is 1.59. The van der Waals surface area contributed by atoms with E-state index in [1.807, 2.05) is 24.3 Å². The van der Waals surface area contributed by atoms with Crippen LogP contribution >= 0.6 is 0 Å². The van der Waals surface area contributed by atoms with Gasteiger partial charge in [0.25, 0.3) is 0 Å². The molecule has 51 valence electrons. The van der Waals surface area contributed by atoms with Crippen molar-refractivity contribution < 1.29 is 0 Å². The molecule has 0 saturated heterocycles. The summed E-state index contributed by atoms with van der Waals surface area (Å²) in [6.45, 7) is 5.87. The van der Waals surface area contributed by atoms with Gasteiger partial charge in [-0.2, -0.15) is 0 Å². The number of hydrogen-bond acceptors (Lipinski definition) is 1. The molecule has 0 aromatic heterocycles. The summed E-state index contributed by atoms with van der Waals surface area (Å²) in [6, 6.07) is 7.84. The zero-order valence-corrected chi connectivity index (χ0v) is 5.75. The molecule has 0 spiro atoms. The highest BCUT2D eigenvalue weighted by atomic mass is 14.5. The molecule has 0 unspecified atom stereocenters.